The molecule has 0 amide bonds. The average molecular weight is 381 g/mol. The van der Waals surface area contributed by atoms with Gasteiger partial charge in [-0.15, -0.1) is 0 Å². The summed E-state index contributed by atoms with van der Waals surface area (Å²) in [5.74, 6) is -0.564. The van der Waals surface area contributed by atoms with Gasteiger partial charge in [0.1, 0.15) is 11.4 Å². The normalized spacial score (nSPS) is 16.7. The second-order valence-electron chi connectivity index (χ2n) is 7.31. The van der Waals surface area contributed by atoms with E-state index in [0.29, 0.717) is 12.2 Å². The highest BCUT2D eigenvalue weighted by molar-refractivity contribution is 5.98. The van der Waals surface area contributed by atoms with Gasteiger partial charge in [-0.3, -0.25) is 0 Å². The number of pyridine rings is 1. The highest BCUT2D eigenvalue weighted by Crippen LogP contribution is 2.39. The third-order valence-electron chi connectivity index (χ3n) is 5.42. The molecule has 0 spiro atoms. The van der Waals surface area contributed by atoms with Crippen LogP contribution in [0.4, 0.5) is 10.1 Å². The van der Waals surface area contributed by atoms with E-state index >= 15 is 0 Å². The van der Waals surface area contributed by atoms with Crippen molar-refractivity contribution in [3.05, 3.63) is 64.7 Å². The largest absolute Gasteiger partial charge is 0.462 e. The molecule has 146 valence electrons. The Labute approximate surface area is 163 Å². The summed E-state index contributed by atoms with van der Waals surface area (Å²) in [5.41, 5.74) is 5.17. The number of rotatable bonds is 4. The van der Waals surface area contributed by atoms with Crippen LogP contribution in [-0.2, 0) is 4.74 Å². The van der Waals surface area contributed by atoms with Crippen molar-refractivity contribution >= 4 is 17.2 Å². The van der Waals surface area contributed by atoms with Crippen LogP contribution >= 0.6 is 0 Å². The number of aromatic nitrogens is 2. The molecule has 0 aliphatic carbocycles. The SMILES string of the molecule is CCOC(=O)c1cnn2ccc(N3CCCC3c3cc(C)cc(F)c3)c(C)c12. The molecule has 1 saturated heterocycles. The molecule has 1 atom stereocenters. The minimum absolute atomic E-state index is 0.115. The Morgan fingerprint density at radius 1 is 1.32 bits per heavy atom. The fraction of sp³-hybridized carbons (Fsp3) is 0.364. The van der Waals surface area contributed by atoms with Crippen LogP contribution in [0, 0.1) is 19.7 Å². The van der Waals surface area contributed by atoms with E-state index in [4.69, 9.17) is 4.74 Å². The van der Waals surface area contributed by atoms with Crippen LogP contribution in [0.15, 0.2) is 36.7 Å². The Balaban J connectivity index is 1.78. The first-order valence-corrected chi connectivity index (χ1v) is 9.67. The number of nitrogens with zero attached hydrogens (tertiary/aromatic N) is 3. The van der Waals surface area contributed by atoms with Crippen molar-refractivity contribution in [2.45, 2.75) is 39.7 Å². The van der Waals surface area contributed by atoms with Gasteiger partial charge in [-0.25, -0.2) is 13.7 Å². The lowest BCUT2D eigenvalue weighted by molar-refractivity contribution is 0.0528. The molecule has 4 rings (SSSR count). The van der Waals surface area contributed by atoms with Crippen molar-refractivity contribution in [3.63, 3.8) is 0 Å². The van der Waals surface area contributed by atoms with Crippen LogP contribution in [0.3, 0.4) is 0 Å². The zero-order valence-electron chi connectivity index (χ0n) is 16.4. The fourth-order valence-electron chi connectivity index (χ4n) is 4.26. The number of carbonyl (C=O) groups is 1. The molecular formula is C22H24FN3O2. The molecule has 0 bridgehead atoms. The van der Waals surface area contributed by atoms with E-state index in [1.54, 1.807) is 29.8 Å². The molecule has 3 aromatic rings. The standard InChI is InChI=1S/C22H24FN3O2/c1-4-28-22(27)18-13-24-26-9-7-19(15(3)21(18)26)25-8-5-6-20(25)16-10-14(2)11-17(23)12-16/h7,9-13,20H,4-6,8H2,1-3H3. The first-order valence-electron chi connectivity index (χ1n) is 9.67. The summed E-state index contributed by atoms with van der Waals surface area (Å²) < 4.78 is 20.9. The summed E-state index contributed by atoms with van der Waals surface area (Å²) in [6, 6.07) is 7.38. The lowest BCUT2D eigenvalue weighted by Gasteiger charge is -2.29. The van der Waals surface area contributed by atoms with Gasteiger partial charge in [-0.1, -0.05) is 6.07 Å². The number of fused-ring (bicyclic) bond motifs is 1. The van der Waals surface area contributed by atoms with Gasteiger partial charge in [0.2, 0.25) is 0 Å². The highest BCUT2D eigenvalue weighted by atomic mass is 19.1. The van der Waals surface area contributed by atoms with E-state index in [0.717, 1.165) is 47.3 Å². The molecule has 6 heteroatoms. The number of halogens is 1. The minimum atomic E-state index is -0.364. The van der Waals surface area contributed by atoms with Crippen LogP contribution in [-0.4, -0.2) is 28.7 Å². The van der Waals surface area contributed by atoms with E-state index in [2.05, 4.69) is 16.1 Å². The van der Waals surface area contributed by atoms with E-state index < -0.39 is 0 Å². The van der Waals surface area contributed by atoms with Crippen molar-refractivity contribution in [2.75, 3.05) is 18.1 Å². The zero-order chi connectivity index (χ0) is 19.8. The third kappa shape index (κ3) is 3.13. The minimum Gasteiger partial charge on any atom is -0.462 e. The molecule has 1 aliphatic heterocycles. The maximum atomic E-state index is 14.0. The molecule has 2 aromatic heterocycles. The van der Waals surface area contributed by atoms with Gasteiger partial charge >= 0.3 is 5.97 Å². The molecule has 3 heterocycles. The molecule has 0 saturated carbocycles. The Hall–Kier alpha value is -2.89. The van der Waals surface area contributed by atoms with E-state index in [-0.39, 0.29) is 17.8 Å². The van der Waals surface area contributed by atoms with Crippen LogP contribution < -0.4 is 4.90 Å². The molecule has 5 nitrogen and oxygen atoms in total. The van der Waals surface area contributed by atoms with Crippen LogP contribution in [0.25, 0.3) is 5.52 Å². The average Bonchev–Trinajstić information content (AvgIpc) is 3.29. The number of ether oxygens (including phenoxy) is 1. The fourth-order valence-corrected chi connectivity index (χ4v) is 4.26. The van der Waals surface area contributed by atoms with Gasteiger partial charge < -0.3 is 9.64 Å². The van der Waals surface area contributed by atoms with Gasteiger partial charge in [0.05, 0.1) is 24.4 Å². The molecule has 28 heavy (non-hydrogen) atoms. The summed E-state index contributed by atoms with van der Waals surface area (Å²) in [7, 11) is 0. The third-order valence-corrected chi connectivity index (χ3v) is 5.42. The van der Waals surface area contributed by atoms with Crippen LogP contribution in [0.5, 0.6) is 0 Å². The van der Waals surface area contributed by atoms with Gasteiger partial charge in [-0.05, 0) is 68.5 Å². The van der Waals surface area contributed by atoms with E-state index in [1.807, 2.05) is 26.1 Å². The van der Waals surface area contributed by atoms with Crippen molar-refractivity contribution in [3.8, 4) is 0 Å². The summed E-state index contributed by atoms with van der Waals surface area (Å²) in [6.45, 7) is 6.92. The number of benzene rings is 1. The molecule has 0 radical (unpaired) electrons. The van der Waals surface area contributed by atoms with E-state index in [9.17, 15) is 9.18 Å². The second kappa shape index (κ2) is 7.26. The molecule has 1 aliphatic rings. The van der Waals surface area contributed by atoms with Gasteiger partial charge in [-0.2, -0.15) is 5.10 Å². The van der Waals surface area contributed by atoms with Crippen molar-refractivity contribution in [2.24, 2.45) is 0 Å². The maximum Gasteiger partial charge on any atom is 0.341 e. The maximum absolute atomic E-state index is 14.0. The Kier molecular flexibility index (Phi) is 4.79. The predicted octanol–water partition coefficient (Wildman–Crippen LogP) is 4.61. The molecule has 1 unspecified atom stereocenters. The van der Waals surface area contributed by atoms with Crippen molar-refractivity contribution < 1.29 is 13.9 Å². The first-order chi connectivity index (χ1) is 13.5. The molecule has 1 aromatic carbocycles. The van der Waals surface area contributed by atoms with Crippen molar-refractivity contribution in [1.29, 1.82) is 0 Å². The molecular weight excluding hydrogens is 357 g/mol. The lowest BCUT2D eigenvalue weighted by Crippen LogP contribution is -2.24. The summed E-state index contributed by atoms with van der Waals surface area (Å²) >= 11 is 0. The smallest absolute Gasteiger partial charge is 0.341 e. The van der Waals surface area contributed by atoms with Gasteiger partial charge in [0.25, 0.3) is 0 Å². The Morgan fingerprint density at radius 3 is 2.89 bits per heavy atom. The highest BCUT2D eigenvalue weighted by Gasteiger charge is 2.29. The quantitative estimate of drug-likeness (QED) is 0.619. The monoisotopic (exact) mass is 381 g/mol. The number of hydrogen-bond acceptors (Lipinski definition) is 4. The van der Waals surface area contributed by atoms with E-state index in [1.165, 1.54) is 0 Å². The first kappa shape index (κ1) is 18.5. The summed E-state index contributed by atoms with van der Waals surface area (Å²) in [6.07, 6.45) is 5.43. The topological polar surface area (TPSA) is 46.8 Å². The summed E-state index contributed by atoms with van der Waals surface area (Å²) in [5, 5.41) is 4.30. The van der Waals surface area contributed by atoms with Crippen LogP contribution in [0.1, 0.15) is 52.9 Å². The van der Waals surface area contributed by atoms with Crippen molar-refractivity contribution in [1.82, 2.24) is 9.61 Å². The molecule has 1 fully saturated rings. The van der Waals surface area contributed by atoms with Crippen LogP contribution in [0.2, 0.25) is 0 Å². The Morgan fingerprint density at radius 2 is 2.14 bits per heavy atom. The summed E-state index contributed by atoms with van der Waals surface area (Å²) in [4.78, 5) is 14.6. The number of aryl methyl sites for hydroxylation is 2. The van der Waals surface area contributed by atoms with Gasteiger partial charge in [0.15, 0.2) is 0 Å². The predicted molar refractivity (Wildman–Crippen MR) is 106 cm³/mol. The second-order valence-corrected chi connectivity index (χ2v) is 7.31. The number of hydrogen-bond donors (Lipinski definition) is 0. The number of esters is 1. The zero-order valence-corrected chi connectivity index (χ0v) is 16.4. The molecule has 0 N–H and O–H groups in total. The number of anilines is 1. The lowest BCUT2D eigenvalue weighted by atomic mass is 10.0. The Bertz CT molecular complexity index is 1020. The number of carbonyl (C=O) groups excluding carboxylic acids is 1. The van der Waals surface area contributed by atoms with Gasteiger partial charge in [0, 0.05) is 18.4 Å².